The van der Waals surface area contributed by atoms with Gasteiger partial charge in [-0.05, 0) is 40.3 Å². The van der Waals surface area contributed by atoms with Crippen molar-refractivity contribution in [3.05, 3.63) is 27.3 Å². The van der Waals surface area contributed by atoms with Crippen molar-refractivity contribution in [2.75, 3.05) is 6.61 Å². The van der Waals surface area contributed by atoms with Crippen LogP contribution in [0.1, 0.15) is 11.6 Å². The van der Waals surface area contributed by atoms with Crippen LogP contribution in [0.25, 0.3) is 0 Å². The molecule has 0 saturated heterocycles. The summed E-state index contributed by atoms with van der Waals surface area (Å²) in [5.41, 5.74) is 5.88. The van der Waals surface area contributed by atoms with Crippen LogP contribution in [0.2, 0.25) is 0 Å². The maximum absolute atomic E-state index is 12.0. The van der Waals surface area contributed by atoms with E-state index < -0.39 is 12.4 Å². The van der Waals surface area contributed by atoms with Gasteiger partial charge in [0.1, 0.15) is 5.75 Å². The summed E-state index contributed by atoms with van der Waals surface area (Å²) in [6.07, 6.45) is -4.73. The molecule has 3 N–H and O–H groups in total. The Balaban J connectivity index is 2.99. The van der Waals surface area contributed by atoms with Crippen molar-refractivity contribution in [2.24, 2.45) is 5.73 Å². The molecule has 1 atom stereocenters. The Labute approximate surface area is 104 Å². The molecule has 0 radical (unpaired) electrons. The summed E-state index contributed by atoms with van der Waals surface area (Å²) in [6, 6.07) is 3.46. The minimum absolute atomic E-state index is 0.311. The van der Waals surface area contributed by atoms with Crippen LogP contribution >= 0.6 is 22.6 Å². The SMILES string of the molecule is N[C@H](CO)c1ccc(I)c(OC(F)(F)F)c1. The molecule has 0 aliphatic carbocycles. The summed E-state index contributed by atoms with van der Waals surface area (Å²) in [4.78, 5) is 0. The van der Waals surface area contributed by atoms with Crippen molar-refractivity contribution in [3.63, 3.8) is 0 Å². The van der Waals surface area contributed by atoms with Gasteiger partial charge < -0.3 is 15.6 Å². The highest BCUT2D eigenvalue weighted by Crippen LogP contribution is 2.29. The van der Waals surface area contributed by atoms with E-state index >= 15 is 0 Å². The third-order valence-electron chi connectivity index (χ3n) is 1.81. The third-order valence-corrected chi connectivity index (χ3v) is 2.70. The first-order chi connectivity index (χ1) is 7.33. The minimum Gasteiger partial charge on any atom is -0.405 e. The largest absolute Gasteiger partial charge is 0.573 e. The Hall–Kier alpha value is -0.540. The number of hydrogen-bond acceptors (Lipinski definition) is 3. The second-order valence-corrected chi connectivity index (χ2v) is 4.19. The number of ether oxygens (including phenoxy) is 1. The van der Waals surface area contributed by atoms with E-state index in [0.717, 1.165) is 0 Å². The molecular weight excluding hydrogens is 338 g/mol. The Morgan fingerprint density at radius 3 is 2.56 bits per heavy atom. The van der Waals surface area contributed by atoms with Gasteiger partial charge in [-0.25, -0.2) is 0 Å². The number of rotatable bonds is 3. The first-order valence-corrected chi connectivity index (χ1v) is 5.33. The highest BCUT2D eigenvalue weighted by Gasteiger charge is 2.32. The van der Waals surface area contributed by atoms with Gasteiger partial charge in [0.25, 0.3) is 0 Å². The second kappa shape index (κ2) is 5.19. The van der Waals surface area contributed by atoms with Crippen LogP contribution in [0.3, 0.4) is 0 Å². The van der Waals surface area contributed by atoms with E-state index in [9.17, 15) is 13.2 Å². The fraction of sp³-hybridized carbons (Fsp3) is 0.333. The molecule has 90 valence electrons. The van der Waals surface area contributed by atoms with Crippen molar-refractivity contribution in [3.8, 4) is 5.75 Å². The van der Waals surface area contributed by atoms with E-state index in [-0.39, 0.29) is 12.4 Å². The molecule has 0 saturated carbocycles. The zero-order valence-electron chi connectivity index (χ0n) is 7.96. The average molecular weight is 347 g/mol. The number of aliphatic hydroxyl groups is 1. The number of benzene rings is 1. The molecule has 0 amide bonds. The Kier molecular flexibility index (Phi) is 4.39. The van der Waals surface area contributed by atoms with E-state index in [1.54, 1.807) is 28.7 Å². The predicted octanol–water partition coefficient (Wildman–Crippen LogP) is 2.18. The molecule has 0 aliphatic rings. The lowest BCUT2D eigenvalue weighted by Gasteiger charge is -2.14. The van der Waals surface area contributed by atoms with Crippen molar-refractivity contribution in [1.29, 1.82) is 0 Å². The van der Waals surface area contributed by atoms with Gasteiger partial charge in [-0.3, -0.25) is 0 Å². The monoisotopic (exact) mass is 347 g/mol. The first-order valence-electron chi connectivity index (χ1n) is 4.25. The second-order valence-electron chi connectivity index (χ2n) is 3.03. The maximum atomic E-state index is 12.0. The summed E-state index contributed by atoms with van der Waals surface area (Å²) >= 11 is 1.72. The van der Waals surface area contributed by atoms with E-state index in [0.29, 0.717) is 9.13 Å². The predicted molar refractivity (Wildman–Crippen MR) is 59.9 cm³/mol. The van der Waals surface area contributed by atoms with Crippen LogP contribution in [0, 0.1) is 3.57 Å². The summed E-state index contributed by atoms with van der Waals surface area (Å²) < 4.78 is 40.2. The highest BCUT2D eigenvalue weighted by molar-refractivity contribution is 14.1. The average Bonchev–Trinajstić information content (AvgIpc) is 2.18. The molecule has 16 heavy (non-hydrogen) atoms. The molecule has 0 unspecified atom stereocenters. The smallest absolute Gasteiger partial charge is 0.405 e. The molecule has 0 fully saturated rings. The van der Waals surface area contributed by atoms with Crippen LogP contribution in [0.4, 0.5) is 13.2 Å². The normalized spacial score (nSPS) is 13.6. The summed E-state index contributed by atoms with van der Waals surface area (Å²) in [7, 11) is 0. The van der Waals surface area contributed by atoms with Gasteiger partial charge in [-0.1, -0.05) is 6.07 Å². The van der Waals surface area contributed by atoms with Crippen molar-refractivity contribution >= 4 is 22.6 Å². The molecule has 0 heterocycles. The molecule has 1 rings (SSSR count). The summed E-state index contributed by atoms with van der Waals surface area (Å²) in [5.74, 6) is -0.311. The third kappa shape index (κ3) is 3.80. The molecule has 0 aliphatic heterocycles. The van der Waals surface area contributed by atoms with E-state index in [4.69, 9.17) is 10.8 Å². The van der Waals surface area contributed by atoms with Crippen LogP contribution in [0.15, 0.2) is 18.2 Å². The van der Waals surface area contributed by atoms with Crippen molar-refractivity contribution < 1.29 is 23.0 Å². The fourth-order valence-electron chi connectivity index (χ4n) is 1.06. The van der Waals surface area contributed by atoms with Gasteiger partial charge >= 0.3 is 6.36 Å². The summed E-state index contributed by atoms with van der Waals surface area (Å²) in [6.45, 7) is -0.341. The van der Waals surface area contributed by atoms with E-state index in [1.807, 2.05) is 0 Å². The Morgan fingerprint density at radius 2 is 2.06 bits per heavy atom. The molecule has 0 aromatic heterocycles. The van der Waals surface area contributed by atoms with Crippen molar-refractivity contribution in [1.82, 2.24) is 0 Å². The minimum atomic E-state index is -4.73. The Bertz CT molecular complexity index is 370. The van der Waals surface area contributed by atoms with Gasteiger partial charge in [0.05, 0.1) is 16.2 Å². The Morgan fingerprint density at radius 1 is 1.44 bits per heavy atom. The number of alkyl halides is 3. The topological polar surface area (TPSA) is 55.5 Å². The number of nitrogens with two attached hydrogens (primary N) is 1. The molecule has 7 heteroatoms. The van der Waals surface area contributed by atoms with Crippen LogP contribution in [-0.4, -0.2) is 18.1 Å². The fourth-order valence-corrected chi connectivity index (χ4v) is 1.50. The van der Waals surface area contributed by atoms with Gasteiger partial charge in [0.15, 0.2) is 0 Å². The lowest BCUT2D eigenvalue weighted by molar-refractivity contribution is -0.275. The first kappa shape index (κ1) is 13.5. The standard InChI is InChI=1S/C9H9F3INO2/c10-9(11,12)16-8-3-5(7(14)4-15)1-2-6(8)13/h1-3,7,15H,4,14H2/t7-/m1/s1. The number of halogens is 4. The highest BCUT2D eigenvalue weighted by atomic mass is 127. The van der Waals surface area contributed by atoms with E-state index in [2.05, 4.69) is 4.74 Å². The number of aliphatic hydroxyl groups excluding tert-OH is 1. The van der Waals surface area contributed by atoms with Crippen LogP contribution in [0.5, 0.6) is 5.75 Å². The summed E-state index contributed by atoms with van der Waals surface area (Å²) in [5, 5.41) is 8.79. The molecule has 0 bridgehead atoms. The van der Waals surface area contributed by atoms with Gasteiger partial charge in [-0.2, -0.15) is 0 Å². The van der Waals surface area contributed by atoms with Gasteiger partial charge in [0.2, 0.25) is 0 Å². The molecule has 3 nitrogen and oxygen atoms in total. The quantitative estimate of drug-likeness (QED) is 0.825. The van der Waals surface area contributed by atoms with Crippen molar-refractivity contribution in [2.45, 2.75) is 12.4 Å². The zero-order chi connectivity index (χ0) is 12.3. The van der Waals surface area contributed by atoms with Crippen LogP contribution < -0.4 is 10.5 Å². The molecule has 1 aromatic carbocycles. The lowest BCUT2D eigenvalue weighted by Crippen LogP contribution is -2.19. The molecule has 0 spiro atoms. The van der Waals surface area contributed by atoms with E-state index in [1.165, 1.54) is 12.1 Å². The molecular formula is C9H9F3INO2. The molecule has 1 aromatic rings. The number of hydrogen-bond donors (Lipinski definition) is 2. The van der Waals surface area contributed by atoms with Crippen LogP contribution in [-0.2, 0) is 0 Å². The lowest BCUT2D eigenvalue weighted by atomic mass is 10.1. The maximum Gasteiger partial charge on any atom is 0.573 e. The van der Waals surface area contributed by atoms with Gasteiger partial charge in [-0.15, -0.1) is 13.2 Å². The van der Waals surface area contributed by atoms with Gasteiger partial charge in [0, 0.05) is 0 Å². The zero-order valence-corrected chi connectivity index (χ0v) is 10.1.